The van der Waals surface area contributed by atoms with E-state index in [1.165, 1.54) is 16.4 Å². The van der Waals surface area contributed by atoms with E-state index in [9.17, 15) is 18.0 Å². The SMILES string of the molecule is CCOc1ccc(N2CC(C(=O)Nc3ccc(S(=O)(=O)N(CC)CC)cc3)CC2=O)cc1. The van der Waals surface area contributed by atoms with Crippen LogP contribution in [0.5, 0.6) is 5.75 Å². The summed E-state index contributed by atoms with van der Waals surface area (Å²) >= 11 is 0. The van der Waals surface area contributed by atoms with Gasteiger partial charge in [-0.1, -0.05) is 13.8 Å². The minimum Gasteiger partial charge on any atom is -0.494 e. The zero-order valence-corrected chi connectivity index (χ0v) is 19.4. The van der Waals surface area contributed by atoms with E-state index in [4.69, 9.17) is 4.74 Å². The fourth-order valence-corrected chi connectivity index (χ4v) is 5.15. The summed E-state index contributed by atoms with van der Waals surface area (Å²) in [4.78, 5) is 27.0. The number of benzene rings is 2. The lowest BCUT2D eigenvalue weighted by Gasteiger charge is -2.19. The van der Waals surface area contributed by atoms with Gasteiger partial charge >= 0.3 is 0 Å². The third-order valence-electron chi connectivity index (χ3n) is 5.42. The molecule has 1 fully saturated rings. The van der Waals surface area contributed by atoms with Crippen LogP contribution in [0.2, 0.25) is 0 Å². The molecule has 1 saturated heterocycles. The number of nitrogens with zero attached hydrogens (tertiary/aromatic N) is 2. The fraction of sp³-hybridized carbons (Fsp3) is 0.391. The second kappa shape index (κ2) is 10.1. The fourth-order valence-electron chi connectivity index (χ4n) is 3.69. The van der Waals surface area contributed by atoms with Crippen molar-refractivity contribution in [2.45, 2.75) is 32.1 Å². The molecule has 172 valence electrons. The summed E-state index contributed by atoms with van der Waals surface area (Å²) in [7, 11) is -3.55. The number of hydrogen-bond donors (Lipinski definition) is 1. The number of anilines is 2. The molecule has 0 radical (unpaired) electrons. The van der Waals surface area contributed by atoms with Crippen molar-refractivity contribution in [3.63, 3.8) is 0 Å². The molecule has 3 rings (SSSR count). The van der Waals surface area contributed by atoms with Crippen LogP contribution in [-0.2, 0) is 19.6 Å². The van der Waals surface area contributed by atoms with Crippen molar-refractivity contribution in [1.29, 1.82) is 0 Å². The van der Waals surface area contributed by atoms with E-state index in [1.54, 1.807) is 55.1 Å². The maximum atomic E-state index is 12.7. The van der Waals surface area contributed by atoms with Crippen LogP contribution in [0.3, 0.4) is 0 Å². The summed E-state index contributed by atoms with van der Waals surface area (Å²) in [5.74, 6) is -0.155. The Morgan fingerprint density at radius 3 is 2.25 bits per heavy atom. The maximum Gasteiger partial charge on any atom is 0.243 e. The Morgan fingerprint density at radius 2 is 1.69 bits per heavy atom. The molecule has 1 aliphatic heterocycles. The van der Waals surface area contributed by atoms with Crippen LogP contribution in [0, 0.1) is 5.92 Å². The molecule has 0 saturated carbocycles. The van der Waals surface area contributed by atoms with Crippen molar-refractivity contribution in [3.8, 4) is 5.75 Å². The molecule has 0 spiro atoms. The van der Waals surface area contributed by atoms with Gasteiger partial charge in [-0.25, -0.2) is 8.42 Å². The van der Waals surface area contributed by atoms with Crippen LogP contribution >= 0.6 is 0 Å². The molecule has 0 bridgehead atoms. The van der Waals surface area contributed by atoms with Crippen molar-refractivity contribution in [1.82, 2.24) is 4.31 Å². The van der Waals surface area contributed by atoms with Crippen molar-refractivity contribution >= 4 is 33.2 Å². The van der Waals surface area contributed by atoms with Gasteiger partial charge in [-0.3, -0.25) is 9.59 Å². The molecule has 0 aromatic heterocycles. The summed E-state index contributed by atoms with van der Waals surface area (Å²) in [5.41, 5.74) is 1.21. The predicted molar refractivity (Wildman–Crippen MR) is 123 cm³/mol. The number of carbonyl (C=O) groups excluding carboxylic acids is 2. The van der Waals surface area contributed by atoms with Gasteiger partial charge in [-0.15, -0.1) is 0 Å². The first-order valence-electron chi connectivity index (χ1n) is 10.7. The lowest BCUT2D eigenvalue weighted by atomic mass is 10.1. The second-order valence-corrected chi connectivity index (χ2v) is 9.37. The standard InChI is InChI=1S/C23H29N3O5S/c1-4-25(5-2)32(29,30)21-13-7-18(8-14-21)24-23(28)17-15-22(27)26(16-17)19-9-11-20(12-10-19)31-6-3/h7-14,17H,4-6,15-16H2,1-3H3,(H,24,28). The molecule has 9 heteroatoms. The normalized spacial score (nSPS) is 16.4. The quantitative estimate of drug-likeness (QED) is 0.622. The summed E-state index contributed by atoms with van der Waals surface area (Å²) in [5, 5.41) is 2.79. The second-order valence-electron chi connectivity index (χ2n) is 7.44. The summed E-state index contributed by atoms with van der Waals surface area (Å²) in [6, 6.07) is 13.3. The number of rotatable bonds is 9. The Balaban J connectivity index is 1.64. The van der Waals surface area contributed by atoms with Gasteiger partial charge in [0.2, 0.25) is 21.8 Å². The van der Waals surface area contributed by atoms with Gasteiger partial charge < -0.3 is 15.0 Å². The molecule has 32 heavy (non-hydrogen) atoms. The summed E-state index contributed by atoms with van der Waals surface area (Å²) in [6.07, 6.45) is 0.119. The number of carbonyl (C=O) groups is 2. The van der Waals surface area contributed by atoms with Crippen molar-refractivity contribution < 1.29 is 22.7 Å². The molecule has 1 unspecified atom stereocenters. The van der Waals surface area contributed by atoms with E-state index < -0.39 is 15.9 Å². The van der Waals surface area contributed by atoms with E-state index in [1.807, 2.05) is 6.92 Å². The molecular weight excluding hydrogens is 430 g/mol. The minimum atomic E-state index is -3.55. The predicted octanol–water partition coefficient (Wildman–Crippen LogP) is 3.11. The number of ether oxygens (including phenoxy) is 1. The Kier molecular flexibility index (Phi) is 7.52. The van der Waals surface area contributed by atoms with E-state index in [-0.39, 0.29) is 29.7 Å². The van der Waals surface area contributed by atoms with Crippen LogP contribution in [-0.4, -0.2) is 50.8 Å². The van der Waals surface area contributed by atoms with E-state index in [0.29, 0.717) is 25.4 Å². The molecule has 2 amide bonds. The highest BCUT2D eigenvalue weighted by atomic mass is 32.2. The van der Waals surface area contributed by atoms with E-state index in [0.717, 1.165) is 11.4 Å². The topological polar surface area (TPSA) is 96.0 Å². The molecular formula is C23H29N3O5S. The minimum absolute atomic E-state index is 0.116. The Morgan fingerprint density at radius 1 is 1.06 bits per heavy atom. The first kappa shape index (κ1) is 23.7. The van der Waals surface area contributed by atoms with Gasteiger partial charge in [0, 0.05) is 37.4 Å². The number of sulfonamides is 1. The lowest BCUT2D eigenvalue weighted by Crippen LogP contribution is -2.30. The number of nitrogens with one attached hydrogen (secondary N) is 1. The third-order valence-corrected chi connectivity index (χ3v) is 7.48. The Bertz CT molecular complexity index is 1050. The average molecular weight is 460 g/mol. The van der Waals surface area contributed by atoms with Crippen LogP contribution < -0.4 is 15.0 Å². The largest absolute Gasteiger partial charge is 0.494 e. The summed E-state index contributed by atoms with van der Waals surface area (Å²) < 4.78 is 32.0. The van der Waals surface area contributed by atoms with Gasteiger partial charge in [0.25, 0.3) is 0 Å². The van der Waals surface area contributed by atoms with Crippen molar-refractivity contribution in [2.75, 3.05) is 36.5 Å². The smallest absolute Gasteiger partial charge is 0.243 e. The number of amides is 2. The highest BCUT2D eigenvalue weighted by Gasteiger charge is 2.35. The Hall–Kier alpha value is -2.91. The van der Waals surface area contributed by atoms with Gasteiger partial charge in [-0.2, -0.15) is 4.31 Å². The maximum absolute atomic E-state index is 12.7. The van der Waals surface area contributed by atoms with Gasteiger partial charge in [-0.05, 0) is 55.5 Å². The first-order valence-corrected chi connectivity index (χ1v) is 12.2. The number of hydrogen-bond acceptors (Lipinski definition) is 5. The van der Waals surface area contributed by atoms with E-state index >= 15 is 0 Å². The molecule has 2 aromatic rings. The molecule has 1 aliphatic rings. The zero-order valence-electron chi connectivity index (χ0n) is 18.6. The average Bonchev–Trinajstić information content (AvgIpc) is 3.17. The van der Waals surface area contributed by atoms with Crippen molar-refractivity contribution in [3.05, 3.63) is 48.5 Å². The Labute approximate surface area is 189 Å². The highest BCUT2D eigenvalue weighted by Crippen LogP contribution is 2.28. The molecule has 1 heterocycles. The van der Waals surface area contributed by atoms with Gasteiger partial charge in [0.05, 0.1) is 17.4 Å². The highest BCUT2D eigenvalue weighted by molar-refractivity contribution is 7.89. The van der Waals surface area contributed by atoms with E-state index in [2.05, 4.69) is 5.32 Å². The molecule has 2 aromatic carbocycles. The van der Waals surface area contributed by atoms with Gasteiger partial charge in [0.1, 0.15) is 5.75 Å². The molecule has 8 nitrogen and oxygen atoms in total. The van der Waals surface area contributed by atoms with Gasteiger partial charge in [0.15, 0.2) is 0 Å². The van der Waals surface area contributed by atoms with Crippen LogP contribution in [0.1, 0.15) is 27.2 Å². The lowest BCUT2D eigenvalue weighted by molar-refractivity contribution is -0.122. The zero-order chi connectivity index (χ0) is 23.3. The first-order chi connectivity index (χ1) is 15.3. The molecule has 1 atom stereocenters. The van der Waals surface area contributed by atoms with Crippen LogP contribution in [0.15, 0.2) is 53.4 Å². The summed E-state index contributed by atoms with van der Waals surface area (Å²) in [6.45, 7) is 7.10. The third kappa shape index (κ3) is 5.11. The van der Waals surface area contributed by atoms with Crippen LogP contribution in [0.25, 0.3) is 0 Å². The monoisotopic (exact) mass is 459 g/mol. The van der Waals surface area contributed by atoms with Crippen molar-refractivity contribution in [2.24, 2.45) is 5.92 Å². The van der Waals surface area contributed by atoms with Crippen LogP contribution in [0.4, 0.5) is 11.4 Å². The molecule has 1 N–H and O–H groups in total. The molecule has 0 aliphatic carbocycles.